The van der Waals surface area contributed by atoms with Crippen LogP contribution in [0, 0.1) is 6.07 Å². The van der Waals surface area contributed by atoms with Gasteiger partial charge in [0.15, 0.2) is 0 Å². The van der Waals surface area contributed by atoms with Crippen molar-refractivity contribution >= 4 is 48.9 Å². The van der Waals surface area contributed by atoms with Crippen LogP contribution in [0.5, 0.6) is 5.75 Å². The minimum atomic E-state index is -0.146. The van der Waals surface area contributed by atoms with Crippen LogP contribution >= 0.6 is 0 Å². The average molecular weight is 865 g/mol. The van der Waals surface area contributed by atoms with Crippen molar-refractivity contribution in [2.24, 2.45) is 0 Å². The van der Waals surface area contributed by atoms with E-state index in [4.69, 9.17) is 15.0 Å². The van der Waals surface area contributed by atoms with Gasteiger partial charge in [-0.25, -0.2) is 0 Å². The SMILES string of the molecule is CC(C)(C)c1cc(-c2cc(-c3ccccc3)ccn2)[c-]c(-c2nccc(-c3cc4c5cc6ccccc6cc5n5c6ccccc6c(c3O)c45)n2)c1.[Pt]. The third-order valence-corrected chi connectivity index (χ3v) is 10.4. The summed E-state index contributed by atoms with van der Waals surface area (Å²) >= 11 is 0. The fourth-order valence-electron chi connectivity index (χ4n) is 7.72. The van der Waals surface area contributed by atoms with Gasteiger partial charge < -0.3 is 9.51 Å². The molecule has 10 aromatic rings. The normalized spacial score (nSPS) is 12.0. The molecule has 0 spiro atoms. The molecule has 4 aromatic heterocycles. The quantitative estimate of drug-likeness (QED) is 0.179. The Morgan fingerprint density at radius 1 is 0.604 bits per heavy atom. The number of fused-ring (bicyclic) bond motifs is 7. The fraction of sp³-hybridized carbons (Fsp3) is 0.0851. The van der Waals surface area contributed by atoms with Gasteiger partial charge in [-0.3, -0.25) is 15.0 Å². The smallest absolute Gasteiger partial charge is 0.135 e. The van der Waals surface area contributed by atoms with Crippen LogP contribution in [0.4, 0.5) is 0 Å². The zero-order chi connectivity index (χ0) is 35.1. The van der Waals surface area contributed by atoms with E-state index in [2.05, 4.69) is 122 Å². The van der Waals surface area contributed by atoms with Crippen LogP contribution in [0.1, 0.15) is 26.3 Å². The maximum atomic E-state index is 12.2. The van der Waals surface area contributed by atoms with E-state index in [-0.39, 0.29) is 32.2 Å². The van der Waals surface area contributed by atoms with Crippen molar-refractivity contribution in [3.63, 3.8) is 0 Å². The van der Waals surface area contributed by atoms with Gasteiger partial charge in [0, 0.05) is 60.9 Å². The second-order valence-corrected chi connectivity index (χ2v) is 14.6. The zero-order valence-corrected chi connectivity index (χ0v) is 31.6. The van der Waals surface area contributed by atoms with E-state index in [1.54, 1.807) is 6.20 Å². The zero-order valence-electron chi connectivity index (χ0n) is 29.3. The number of aromatic nitrogens is 4. The van der Waals surface area contributed by atoms with E-state index < -0.39 is 0 Å². The molecular weight excluding hydrogens is 832 g/mol. The molecule has 0 aliphatic rings. The van der Waals surface area contributed by atoms with Crippen molar-refractivity contribution in [2.45, 2.75) is 26.2 Å². The summed E-state index contributed by atoms with van der Waals surface area (Å²) in [7, 11) is 0. The minimum Gasteiger partial charge on any atom is -0.507 e. The summed E-state index contributed by atoms with van der Waals surface area (Å²) < 4.78 is 2.30. The maximum absolute atomic E-state index is 12.2. The molecule has 258 valence electrons. The molecular formula is C47H33N4OPt-. The van der Waals surface area contributed by atoms with Crippen molar-refractivity contribution in [1.82, 2.24) is 19.4 Å². The van der Waals surface area contributed by atoms with Crippen molar-refractivity contribution in [3.05, 3.63) is 151 Å². The number of hydrogen-bond acceptors (Lipinski definition) is 4. The number of para-hydroxylation sites is 1. The Balaban J connectivity index is 0.00000372. The molecule has 0 bridgehead atoms. The molecule has 6 aromatic carbocycles. The van der Waals surface area contributed by atoms with E-state index >= 15 is 0 Å². The molecule has 0 atom stereocenters. The number of pyridine rings is 1. The van der Waals surface area contributed by atoms with Crippen molar-refractivity contribution in [3.8, 4) is 50.8 Å². The van der Waals surface area contributed by atoms with Gasteiger partial charge >= 0.3 is 0 Å². The Bertz CT molecular complexity index is 3020. The molecule has 0 saturated carbocycles. The molecule has 0 fully saturated rings. The van der Waals surface area contributed by atoms with Crippen molar-refractivity contribution < 1.29 is 26.2 Å². The van der Waals surface area contributed by atoms with Gasteiger partial charge in [0.05, 0.1) is 33.5 Å². The monoisotopic (exact) mass is 864 g/mol. The van der Waals surface area contributed by atoms with Gasteiger partial charge in [0.1, 0.15) is 5.75 Å². The van der Waals surface area contributed by atoms with E-state index in [0.717, 1.165) is 71.6 Å². The Kier molecular flexibility index (Phi) is 7.69. The van der Waals surface area contributed by atoms with E-state index in [0.29, 0.717) is 17.1 Å². The predicted molar refractivity (Wildman–Crippen MR) is 213 cm³/mol. The summed E-state index contributed by atoms with van der Waals surface area (Å²) in [6, 6.07) is 47.7. The van der Waals surface area contributed by atoms with Crippen LogP contribution < -0.4 is 0 Å². The average Bonchev–Trinajstić information content (AvgIpc) is 3.69. The number of phenols is 1. The maximum Gasteiger partial charge on any atom is 0.135 e. The van der Waals surface area contributed by atoms with Crippen LogP contribution in [0.25, 0.3) is 93.9 Å². The third kappa shape index (κ3) is 5.30. The van der Waals surface area contributed by atoms with Crippen LogP contribution in [0.2, 0.25) is 0 Å². The second kappa shape index (κ2) is 12.4. The Hall–Kier alpha value is -5.90. The molecule has 0 radical (unpaired) electrons. The Morgan fingerprint density at radius 2 is 1.32 bits per heavy atom. The first-order valence-corrected chi connectivity index (χ1v) is 17.6. The molecule has 0 saturated heterocycles. The summed E-state index contributed by atoms with van der Waals surface area (Å²) in [6.07, 6.45) is 3.63. The molecule has 10 rings (SSSR count). The van der Waals surface area contributed by atoms with Crippen molar-refractivity contribution in [1.29, 1.82) is 0 Å². The van der Waals surface area contributed by atoms with Gasteiger partial charge in [-0.1, -0.05) is 111 Å². The van der Waals surface area contributed by atoms with Crippen LogP contribution in [0.3, 0.4) is 0 Å². The third-order valence-electron chi connectivity index (χ3n) is 10.4. The van der Waals surface area contributed by atoms with Gasteiger partial charge in [0.2, 0.25) is 0 Å². The first kappa shape index (κ1) is 33.0. The summed E-state index contributed by atoms with van der Waals surface area (Å²) in [4.78, 5) is 14.7. The number of aromatic hydroxyl groups is 1. The second-order valence-electron chi connectivity index (χ2n) is 14.6. The first-order valence-electron chi connectivity index (χ1n) is 17.6. The number of phenolic OH excluding ortho intramolecular Hbond substituents is 1. The fourth-order valence-corrected chi connectivity index (χ4v) is 7.72. The molecule has 0 aliphatic carbocycles. The number of nitrogens with zero attached hydrogens (tertiary/aromatic N) is 4. The summed E-state index contributed by atoms with van der Waals surface area (Å²) in [5.74, 6) is 0.750. The standard InChI is InChI=1S/C47H33N4O.Pt/c1-47(2,3)34-22-32(40-25-31(17-19-48-40)28-11-5-4-6-12-28)21-33(23-34)46-49-20-18-39(50-46)38-27-37-36-24-29-13-7-8-14-30(29)26-42(36)51-41-16-10-9-15-35(41)43(44(37)51)45(38)52;/h4-20,22-27,52H,1-3H3;/q-1;. The van der Waals surface area contributed by atoms with E-state index in [1.807, 2.05) is 42.6 Å². The molecule has 4 heterocycles. The van der Waals surface area contributed by atoms with Gasteiger partial charge in [0.25, 0.3) is 0 Å². The Labute approximate surface area is 321 Å². The number of hydrogen-bond donors (Lipinski definition) is 1. The Morgan fingerprint density at radius 3 is 2.13 bits per heavy atom. The topological polar surface area (TPSA) is 63.3 Å². The van der Waals surface area contributed by atoms with Crippen LogP contribution in [-0.2, 0) is 26.5 Å². The molecule has 0 aliphatic heterocycles. The predicted octanol–water partition coefficient (Wildman–Crippen LogP) is 11.6. The summed E-state index contributed by atoms with van der Waals surface area (Å²) in [6.45, 7) is 6.61. The minimum absolute atomic E-state index is 0. The van der Waals surface area contributed by atoms with Crippen molar-refractivity contribution in [2.75, 3.05) is 0 Å². The molecule has 5 nitrogen and oxygen atoms in total. The van der Waals surface area contributed by atoms with E-state index in [1.165, 1.54) is 10.8 Å². The first-order chi connectivity index (χ1) is 25.3. The van der Waals surface area contributed by atoms with Gasteiger partial charge in [-0.05, 0) is 63.7 Å². The molecule has 1 N–H and O–H groups in total. The van der Waals surface area contributed by atoms with Gasteiger partial charge in [-0.2, -0.15) is 0 Å². The van der Waals surface area contributed by atoms with Gasteiger partial charge in [-0.15, -0.1) is 23.8 Å². The summed E-state index contributed by atoms with van der Waals surface area (Å²) in [5, 5.41) is 18.6. The van der Waals surface area contributed by atoms with Crippen LogP contribution in [0.15, 0.2) is 140 Å². The summed E-state index contributed by atoms with van der Waals surface area (Å²) in [5.41, 5.74) is 10.2. The largest absolute Gasteiger partial charge is 0.507 e. The molecule has 6 heteroatoms. The number of rotatable bonds is 4. The number of benzene rings is 6. The molecule has 53 heavy (non-hydrogen) atoms. The van der Waals surface area contributed by atoms with Crippen LogP contribution in [-0.4, -0.2) is 24.5 Å². The molecule has 0 unspecified atom stereocenters. The van der Waals surface area contributed by atoms with E-state index in [9.17, 15) is 5.11 Å². The molecule has 0 amide bonds.